The normalized spacial score (nSPS) is 13.4. The number of halogens is 3. The summed E-state index contributed by atoms with van der Waals surface area (Å²) in [5.41, 5.74) is 4.53. The Bertz CT molecular complexity index is 393. The Labute approximate surface area is 104 Å². The Morgan fingerprint density at radius 2 is 2.06 bits per heavy atom. The molecule has 4 N–H and O–H groups in total. The molecule has 0 bridgehead atoms. The molecule has 6 heteroatoms. The Morgan fingerprint density at radius 1 is 1.39 bits per heavy atom. The van der Waals surface area contributed by atoms with Crippen molar-refractivity contribution >= 4 is 11.4 Å². The molecule has 1 unspecified atom stereocenters. The maximum absolute atomic E-state index is 12.7. The van der Waals surface area contributed by atoms with Crippen LogP contribution in [0.2, 0.25) is 0 Å². The summed E-state index contributed by atoms with van der Waals surface area (Å²) in [7, 11) is 0. The van der Waals surface area contributed by atoms with Gasteiger partial charge in [0.2, 0.25) is 0 Å². The lowest BCUT2D eigenvalue weighted by Crippen LogP contribution is -2.21. The van der Waals surface area contributed by atoms with E-state index in [-0.39, 0.29) is 17.9 Å². The summed E-state index contributed by atoms with van der Waals surface area (Å²) in [4.78, 5) is 0. The predicted octanol–water partition coefficient (Wildman–Crippen LogP) is 2.86. The van der Waals surface area contributed by atoms with Gasteiger partial charge in [0.05, 0.1) is 11.7 Å². The first-order valence-corrected chi connectivity index (χ1v) is 5.73. The number of nitrogens with two attached hydrogens (primary N) is 1. The molecule has 1 atom stereocenters. The highest BCUT2D eigenvalue weighted by atomic mass is 19.4. The molecule has 0 aromatic heterocycles. The van der Waals surface area contributed by atoms with Crippen molar-refractivity contribution in [3.8, 4) is 0 Å². The topological polar surface area (TPSA) is 58.3 Å². The zero-order chi connectivity index (χ0) is 13.8. The molecule has 0 saturated heterocycles. The van der Waals surface area contributed by atoms with Crippen LogP contribution in [0.1, 0.15) is 25.3 Å². The lowest BCUT2D eigenvalue weighted by molar-refractivity contribution is -0.136. The Kier molecular flexibility index (Phi) is 4.84. The average Bonchev–Trinajstić information content (AvgIpc) is 2.26. The second-order valence-electron chi connectivity index (χ2n) is 4.13. The molecule has 1 aromatic carbocycles. The summed E-state index contributed by atoms with van der Waals surface area (Å²) < 4.78 is 38.2. The Balaban J connectivity index is 2.82. The average molecular weight is 262 g/mol. The summed E-state index contributed by atoms with van der Waals surface area (Å²) >= 11 is 0. The number of rotatable bonds is 5. The molecule has 1 rings (SSSR count). The predicted molar refractivity (Wildman–Crippen MR) is 65.3 cm³/mol. The molecular weight excluding hydrogens is 245 g/mol. The van der Waals surface area contributed by atoms with Gasteiger partial charge in [0, 0.05) is 17.9 Å². The fourth-order valence-corrected chi connectivity index (χ4v) is 1.61. The molecule has 0 saturated carbocycles. The monoisotopic (exact) mass is 262 g/mol. The second-order valence-corrected chi connectivity index (χ2v) is 4.13. The van der Waals surface area contributed by atoms with Crippen LogP contribution in [-0.4, -0.2) is 17.8 Å². The van der Waals surface area contributed by atoms with Gasteiger partial charge >= 0.3 is 6.18 Å². The van der Waals surface area contributed by atoms with Crippen LogP contribution in [0.25, 0.3) is 0 Å². The molecule has 18 heavy (non-hydrogen) atoms. The first-order chi connectivity index (χ1) is 8.34. The van der Waals surface area contributed by atoms with Crippen LogP contribution in [0.5, 0.6) is 0 Å². The summed E-state index contributed by atoms with van der Waals surface area (Å²) in [5, 5.41) is 12.1. The maximum Gasteiger partial charge on any atom is 0.418 e. The smallest absolute Gasteiger partial charge is 0.399 e. The lowest BCUT2D eigenvalue weighted by Gasteiger charge is -2.17. The van der Waals surface area contributed by atoms with E-state index in [1.54, 1.807) is 0 Å². The Morgan fingerprint density at radius 3 is 2.61 bits per heavy atom. The van der Waals surface area contributed by atoms with Crippen LogP contribution >= 0.6 is 0 Å². The molecule has 0 aliphatic rings. The summed E-state index contributed by atoms with van der Waals surface area (Å²) in [5.74, 6) is 0. The van der Waals surface area contributed by atoms with Crippen LogP contribution in [-0.2, 0) is 6.18 Å². The molecule has 0 aliphatic carbocycles. The summed E-state index contributed by atoms with van der Waals surface area (Å²) in [6, 6.07) is 3.55. The van der Waals surface area contributed by atoms with Crippen LogP contribution in [0.3, 0.4) is 0 Å². The number of aliphatic hydroxyl groups excluding tert-OH is 1. The van der Waals surface area contributed by atoms with Crippen molar-refractivity contribution in [2.24, 2.45) is 0 Å². The van der Waals surface area contributed by atoms with E-state index >= 15 is 0 Å². The Hall–Kier alpha value is -1.43. The highest BCUT2D eigenvalue weighted by Crippen LogP contribution is 2.36. The minimum Gasteiger partial charge on any atom is -0.399 e. The number of nitrogen functional groups attached to an aromatic ring is 1. The van der Waals surface area contributed by atoms with E-state index in [1.165, 1.54) is 12.1 Å². The molecule has 102 valence electrons. The van der Waals surface area contributed by atoms with Crippen molar-refractivity contribution < 1.29 is 18.3 Å². The van der Waals surface area contributed by atoms with Crippen molar-refractivity contribution in [3.63, 3.8) is 0 Å². The molecule has 3 nitrogen and oxygen atoms in total. The van der Waals surface area contributed by atoms with E-state index < -0.39 is 17.8 Å². The van der Waals surface area contributed by atoms with Crippen LogP contribution in [0.15, 0.2) is 18.2 Å². The first-order valence-electron chi connectivity index (χ1n) is 5.73. The van der Waals surface area contributed by atoms with Gasteiger partial charge in [0.25, 0.3) is 0 Å². The largest absolute Gasteiger partial charge is 0.418 e. The van der Waals surface area contributed by atoms with Gasteiger partial charge in [-0.15, -0.1) is 0 Å². The van der Waals surface area contributed by atoms with Crippen molar-refractivity contribution in [3.05, 3.63) is 23.8 Å². The van der Waals surface area contributed by atoms with Gasteiger partial charge in [-0.2, -0.15) is 13.2 Å². The van der Waals surface area contributed by atoms with Gasteiger partial charge in [-0.25, -0.2) is 0 Å². The van der Waals surface area contributed by atoms with E-state index in [1.807, 2.05) is 6.92 Å². The van der Waals surface area contributed by atoms with Gasteiger partial charge in [-0.05, 0) is 24.6 Å². The number of hydrogen-bond donors (Lipinski definition) is 3. The van der Waals surface area contributed by atoms with Crippen molar-refractivity contribution in [1.82, 2.24) is 0 Å². The molecular formula is C12H17F3N2O. The molecule has 0 heterocycles. The number of alkyl halides is 3. The van der Waals surface area contributed by atoms with E-state index in [0.717, 1.165) is 12.5 Å². The lowest BCUT2D eigenvalue weighted by atomic mass is 10.1. The van der Waals surface area contributed by atoms with Gasteiger partial charge in [-0.1, -0.05) is 13.3 Å². The zero-order valence-corrected chi connectivity index (χ0v) is 10.1. The molecule has 0 fully saturated rings. The van der Waals surface area contributed by atoms with Crippen LogP contribution in [0.4, 0.5) is 24.5 Å². The van der Waals surface area contributed by atoms with Crippen molar-refractivity contribution in [2.45, 2.75) is 32.0 Å². The molecule has 0 amide bonds. The number of nitrogens with one attached hydrogen (secondary N) is 1. The number of benzene rings is 1. The van der Waals surface area contributed by atoms with E-state index in [9.17, 15) is 18.3 Å². The summed E-state index contributed by atoms with van der Waals surface area (Å²) in [6.07, 6.45) is -3.80. The van der Waals surface area contributed by atoms with Gasteiger partial charge in [-0.3, -0.25) is 0 Å². The molecule has 0 spiro atoms. The minimum absolute atomic E-state index is 0.0574. The van der Waals surface area contributed by atoms with Crippen LogP contribution in [0, 0.1) is 0 Å². The quantitative estimate of drug-likeness (QED) is 0.715. The van der Waals surface area contributed by atoms with Crippen molar-refractivity contribution in [2.75, 3.05) is 17.6 Å². The van der Waals surface area contributed by atoms with Gasteiger partial charge in [0.1, 0.15) is 0 Å². The fourth-order valence-electron chi connectivity index (χ4n) is 1.61. The van der Waals surface area contributed by atoms with E-state index in [0.29, 0.717) is 6.42 Å². The number of aliphatic hydroxyl groups is 1. The standard InChI is InChI=1S/C12H17F3N2O/c1-2-3-9(18)7-17-11-5-4-8(16)6-10(11)12(13,14)15/h4-6,9,17-18H,2-3,7,16H2,1H3. The third-order valence-corrected chi connectivity index (χ3v) is 2.50. The van der Waals surface area contributed by atoms with Gasteiger partial charge < -0.3 is 16.2 Å². The van der Waals surface area contributed by atoms with Gasteiger partial charge in [0.15, 0.2) is 0 Å². The highest BCUT2D eigenvalue weighted by Gasteiger charge is 2.33. The number of anilines is 2. The maximum atomic E-state index is 12.7. The minimum atomic E-state index is -4.46. The second kappa shape index (κ2) is 5.95. The molecule has 1 aromatic rings. The van der Waals surface area contributed by atoms with Crippen LogP contribution < -0.4 is 11.1 Å². The highest BCUT2D eigenvalue weighted by molar-refractivity contribution is 5.59. The fraction of sp³-hybridized carbons (Fsp3) is 0.500. The third kappa shape index (κ3) is 4.10. The molecule has 0 radical (unpaired) electrons. The van der Waals surface area contributed by atoms with Crippen molar-refractivity contribution in [1.29, 1.82) is 0 Å². The zero-order valence-electron chi connectivity index (χ0n) is 10.1. The third-order valence-electron chi connectivity index (χ3n) is 2.50. The van der Waals surface area contributed by atoms with E-state index in [2.05, 4.69) is 5.32 Å². The summed E-state index contributed by atoms with van der Waals surface area (Å²) in [6.45, 7) is 1.98. The SMILES string of the molecule is CCCC(O)CNc1ccc(N)cc1C(F)(F)F. The molecule has 0 aliphatic heterocycles. The number of hydrogen-bond acceptors (Lipinski definition) is 3. The first kappa shape index (κ1) is 14.6. The van der Waals surface area contributed by atoms with E-state index in [4.69, 9.17) is 5.73 Å².